The maximum absolute atomic E-state index is 13.0. The lowest BCUT2D eigenvalue weighted by atomic mass is 10.2. The molecule has 9 nitrogen and oxygen atoms in total. The Morgan fingerprint density at radius 1 is 1.00 bits per heavy atom. The number of benzene rings is 2. The fourth-order valence-corrected chi connectivity index (χ4v) is 6.10. The zero-order valence-corrected chi connectivity index (χ0v) is 20.6. The van der Waals surface area contributed by atoms with Gasteiger partial charge in [0.15, 0.2) is 11.5 Å². The number of hydrogen-bond acceptors (Lipinski definition) is 6. The Morgan fingerprint density at radius 3 is 2.57 bits per heavy atom. The number of carbonyl (C=O) groups excluding carboxylic acids is 1. The molecule has 0 unspecified atom stereocenters. The first kappa shape index (κ1) is 23.6. The van der Waals surface area contributed by atoms with Gasteiger partial charge >= 0.3 is 0 Å². The first-order valence-corrected chi connectivity index (χ1v) is 13.5. The molecule has 1 amide bonds. The van der Waals surface area contributed by atoms with Gasteiger partial charge in [0, 0.05) is 51.2 Å². The smallest absolute Gasteiger partial charge is 0.243 e. The first-order valence-electron chi connectivity index (χ1n) is 12.1. The van der Waals surface area contributed by atoms with Gasteiger partial charge in [-0.15, -0.1) is 0 Å². The van der Waals surface area contributed by atoms with Gasteiger partial charge in [-0.25, -0.2) is 13.4 Å². The lowest BCUT2D eigenvalue weighted by Crippen LogP contribution is -2.35. The first-order chi connectivity index (χ1) is 16.9. The van der Waals surface area contributed by atoms with Gasteiger partial charge in [0.25, 0.3) is 0 Å². The molecule has 10 heteroatoms. The fourth-order valence-electron chi connectivity index (χ4n) is 4.56. The Hall–Kier alpha value is -3.11. The zero-order valence-electron chi connectivity index (χ0n) is 19.8. The van der Waals surface area contributed by atoms with Crippen LogP contribution in [-0.4, -0.2) is 54.5 Å². The second-order valence-electron chi connectivity index (χ2n) is 8.96. The third-order valence-corrected chi connectivity index (χ3v) is 8.40. The minimum Gasteiger partial charge on any atom is -0.490 e. The van der Waals surface area contributed by atoms with Gasteiger partial charge in [-0.2, -0.15) is 4.31 Å². The number of carbonyl (C=O) groups is 1. The number of ether oxygens (including phenoxy) is 2. The predicted octanol–water partition coefficient (Wildman–Crippen LogP) is 3.48. The third kappa shape index (κ3) is 4.99. The molecule has 2 aliphatic heterocycles. The summed E-state index contributed by atoms with van der Waals surface area (Å²) in [5.74, 6) is 1.90. The van der Waals surface area contributed by atoms with Crippen molar-refractivity contribution in [1.29, 1.82) is 0 Å². The van der Waals surface area contributed by atoms with Crippen LogP contribution >= 0.6 is 0 Å². The minimum atomic E-state index is -3.53. The number of aromatic nitrogens is 2. The van der Waals surface area contributed by atoms with Crippen LogP contribution in [0.5, 0.6) is 11.5 Å². The number of nitrogens with one attached hydrogen (secondary N) is 1. The van der Waals surface area contributed by atoms with Crippen LogP contribution in [-0.2, 0) is 28.3 Å². The molecule has 0 aliphatic carbocycles. The number of nitrogens with zero attached hydrogens (tertiary/aromatic N) is 3. The quantitative estimate of drug-likeness (QED) is 0.558. The number of imidazole rings is 1. The third-order valence-electron chi connectivity index (χ3n) is 6.50. The van der Waals surface area contributed by atoms with Crippen LogP contribution < -0.4 is 14.8 Å². The summed E-state index contributed by atoms with van der Waals surface area (Å²) in [4.78, 5) is 17.5. The summed E-state index contributed by atoms with van der Waals surface area (Å²) in [6, 6.07) is 10.5. The second-order valence-corrected chi connectivity index (χ2v) is 10.9. The molecular formula is C25H30N4O5S. The topological polar surface area (TPSA) is 103 Å². The van der Waals surface area contributed by atoms with Gasteiger partial charge in [0.05, 0.1) is 29.1 Å². The normalized spacial score (nSPS) is 16.7. The van der Waals surface area contributed by atoms with Crippen molar-refractivity contribution in [3.05, 3.63) is 42.2 Å². The number of aryl methyl sites for hydroxylation is 2. The molecule has 0 spiro atoms. The zero-order chi connectivity index (χ0) is 24.4. The number of anilines is 1. The van der Waals surface area contributed by atoms with E-state index in [0.717, 1.165) is 37.0 Å². The van der Waals surface area contributed by atoms with Crippen LogP contribution in [0, 0.1) is 0 Å². The highest BCUT2D eigenvalue weighted by atomic mass is 32.2. The predicted molar refractivity (Wildman–Crippen MR) is 132 cm³/mol. The molecule has 1 N–H and O–H groups in total. The van der Waals surface area contributed by atoms with Crippen molar-refractivity contribution in [2.24, 2.45) is 7.05 Å². The number of sulfonamides is 1. The van der Waals surface area contributed by atoms with Crippen molar-refractivity contribution in [2.75, 3.05) is 31.6 Å². The average Bonchev–Trinajstić information content (AvgIpc) is 3.02. The van der Waals surface area contributed by atoms with Gasteiger partial charge in [-0.3, -0.25) is 4.79 Å². The highest BCUT2D eigenvalue weighted by Crippen LogP contribution is 2.32. The number of amides is 1. The van der Waals surface area contributed by atoms with E-state index in [9.17, 15) is 13.2 Å². The van der Waals surface area contributed by atoms with Crippen LogP contribution in [0.15, 0.2) is 41.3 Å². The van der Waals surface area contributed by atoms with E-state index < -0.39 is 10.0 Å². The van der Waals surface area contributed by atoms with Crippen molar-refractivity contribution in [3.8, 4) is 11.5 Å². The molecule has 0 radical (unpaired) electrons. The van der Waals surface area contributed by atoms with E-state index in [1.165, 1.54) is 0 Å². The monoisotopic (exact) mass is 498 g/mol. The Kier molecular flexibility index (Phi) is 6.66. The Bertz CT molecular complexity index is 1350. The summed E-state index contributed by atoms with van der Waals surface area (Å²) in [6.45, 7) is 2.32. The van der Waals surface area contributed by atoms with Gasteiger partial charge < -0.3 is 19.4 Å². The van der Waals surface area contributed by atoms with Crippen LogP contribution in [0.4, 0.5) is 5.69 Å². The molecule has 35 heavy (non-hydrogen) atoms. The average molecular weight is 499 g/mol. The molecule has 2 aromatic carbocycles. The molecule has 1 saturated heterocycles. The number of hydrogen-bond donors (Lipinski definition) is 1. The second kappa shape index (κ2) is 9.87. The molecule has 5 rings (SSSR count). The molecule has 2 aliphatic rings. The van der Waals surface area contributed by atoms with E-state index >= 15 is 0 Å². The van der Waals surface area contributed by atoms with Gasteiger partial charge in [0.1, 0.15) is 5.82 Å². The molecule has 186 valence electrons. The molecule has 0 bridgehead atoms. The maximum Gasteiger partial charge on any atom is 0.243 e. The molecule has 1 fully saturated rings. The van der Waals surface area contributed by atoms with E-state index in [0.29, 0.717) is 55.4 Å². The summed E-state index contributed by atoms with van der Waals surface area (Å²) in [6.07, 6.45) is 4.34. The van der Waals surface area contributed by atoms with Crippen molar-refractivity contribution in [1.82, 2.24) is 13.9 Å². The van der Waals surface area contributed by atoms with Crippen molar-refractivity contribution in [3.63, 3.8) is 0 Å². The Labute approximate surface area is 205 Å². The highest BCUT2D eigenvalue weighted by Gasteiger charge is 2.26. The Morgan fingerprint density at radius 2 is 1.77 bits per heavy atom. The van der Waals surface area contributed by atoms with Crippen LogP contribution in [0.25, 0.3) is 11.0 Å². The molecule has 0 atom stereocenters. The molecule has 3 aromatic rings. The van der Waals surface area contributed by atoms with Gasteiger partial charge in [0.2, 0.25) is 15.9 Å². The molecule has 3 heterocycles. The maximum atomic E-state index is 13.0. The van der Waals surface area contributed by atoms with E-state index in [1.807, 2.05) is 11.6 Å². The van der Waals surface area contributed by atoms with Gasteiger partial charge in [-0.1, -0.05) is 6.42 Å². The summed E-state index contributed by atoms with van der Waals surface area (Å²) < 4.78 is 40.9. The summed E-state index contributed by atoms with van der Waals surface area (Å²) in [5.41, 5.74) is 2.10. The summed E-state index contributed by atoms with van der Waals surface area (Å²) in [7, 11) is -1.65. The van der Waals surface area contributed by atoms with Crippen LogP contribution in [0.1, 0.15) is 37.9 Å². The van der Waals surface area contributed by atoms with E-state index in [2.05, 4.69) is 10.3 Å². The number of fused-ring (bicyclic) bond motifs is 2. The fraction of sp³-hybridized carbons (Fsp3) is 0.440. The van der Waals surface area contributed by atoms with Gasteiger partial charge in [-0.05, 0) is 43.2 Å². The largest absolute Gasteiger partial charge is 0.490 e. The van der Waals surface area contributed by atoms with E-state index in [1.54, 1.807) is 40.7 Å². The van der Waals surface area contributed by atoms with Crippen LogP contribution in [0.2, 0.25) is 0 Å². The minimum absolute atomic E-state index is 0.139. The molecule has 1 aromatic heterocycles. The lowest BCUT2D eigenvalue weighted by molar-refractivity contribution is -0.116. The van der Waals surface area contributed by atoms with E-state index in [-0.39, 0.29) is 17.2 Å². The molecule has 0 saturated carbocycles. The number of rotatable bonds is 6. The molecular weight excluding hydrogens is 468 g/mol. The lowest BCUT2D eigenvalue weighted by Gasteiger charge is -2.25. The van der Waals surface area contributed by atoms with Crippen molar-refractivity contribution >= 4 is 32.7 Å². The number of piperidine rings is 1. The highest BCUT2D eigenvalue weighted by molar-refractivity contribution is 7.89. The van der Waals surface area contributed by atoms with E-state index in [4.69, 9.17) is 9.47 Å². The van der Waals surface area contributed by atoms with Crippen molar-refractivity contribution < 1.29 is 22.7 Å². The van der Waals surface area contributed by atoms with Crippen molar-refractivity contribution in [2.45, 2.75) is 43.4 Å². The summed E-state index contributed by atoms with van der Waals surface area (Å²) >= 11 is 0. The van der Waals surface area contributed by atoms with Crippen LogP contribution in [0.3, 0.4) is 0 Å². The SMILES string of the molecule is Cn1c(CCC(=O)Nc2ccc3c(c2)OCCCO3)nc2cc(S(=O)(=O)N3CCCCC3)ccc21. The Balaban J connectivity index is 1.27. The standard InChI is InChI=1S/C25H30N4O5S/c1-28-21-8-7-19(35(31,32)29-12-3-2-4-13-29)17-20(21)27-24(28)10-11-25(30)26-18-6-9-22-23(16-18)34-15-5-14-33-22/h6-9,16-17H,2-5,10-15H2,1H3,(H,26,30). The summed E-state index contributed by atoms with van der Waals surface area (Å²) in [5, 5.41) is 2.90.